The van der Waals surface area contributed by atoms with Crippen LogP contribution in [-0.2, 0) is 4.79 Å². The normalized spacial score (nSPS) is 19.3. The van der Waals surface area contributed by atoms with Gasteiger partial charge in [-0.15, -0.1) is 0 Å². The summed E-state index contributed by atoms with van der Waals surface area (Å²) in [6.07, 6.45) is 1.46. The fraction of sp³-hybridized carbons (Fsp3) is 0.429. The topological polar surface area (TPSA) is 58.7 Å². The number of carbonyl (C=O) groups excluding carboxylic acids is 1. The van der Waals surface area contributed by atoms with E-state index in [0.717, 1.165) is 17.8 Å². The monoisotopic (exact) mass is 245 g/mol. The molecule has 1 aliphatic heterocycles. The number of rotatable bonds is 4. The Morgan fingerprint density at radius 3 is 2.56 bits per heavy atom. The lowest BCUT2D eigenvalue weighted by Gasteiger charge is -2.14. The Hall–Kier alpha value is -1.68. The first-order valence-electron chi connectivity index (χ1n) is 6.35. The van der Waals surface area contributed by atoms with Gasteiger partial charge in [0.2, 0.25) is 0 Å². The summed E-state index contributed by atoms with van der Waals surface area (Å²) in [5.41, 5.74) is 8.50. The van der Waals surface area contributed by atoms with Crippen LogP contribution in [0.3, 0.4) is 0 Å². The predicted octanol–water partition coefficient (Wildman–Crippen LogP) is 2.07. The molecule has 0 spiro atoms. The molecule has 0 aliphatic carbocycles. The van der Waals surface area contributed by atoms with Crippen LogP contribution in [0.5, 0.6) is 0 Å². The van der Waals surface area contributed by atoms with Gasteiger partial charge in [0.05, 0.1) is 17.3 Å². The zero-order chi connectivity index (χ0) is 13.1. The van der Waals surface area contributed by atoms with E-state index in [-0.39, 0.29) is 11.8 Å². The Balaban J connectivity index is 2.27. The first-order chi connectivity index (χ1) is 8.67. The van der Waals surface area contributed by atoms with E-state index in [4.69, 9.17) is 5.73 Å². The van der Waals surface area contributed by atoms with Gasteiger partial charge in [-0.25, -0.2) is 5.01 Å². The van der Waals surface area contributed by atoms with Gasteiger partial charge >= 0.3 is 0 Å². The van der Waals surface area contributed by atoms with Crippen LogP contribution in [0.4, 0.5) is 5.69 Å². The summed E-state index contributed by atoms with van der Waals surface area (Å²) >= 11 is 0. The Bertz CT molecular complexity index is 464. The minimum atomic E-state index is -0.138. The summed E-state index contributed by atoms with van der Waals surface area (Å²) in [4.78, 5) is 12.3. The third kappa shape index (κ3) is 2.29. The van der Waals surface area contributed by atoms with Crippen molar-refractivity contribution in [1.29, 1.82) is 0 Å². The summed E-state index contributed by atoms with van der Waals surface area (Å²) in [7, 11) is 0. The summed E-state index contributed by atoms with van der Waals surface area (Å²) < 4.78 is 0. The highest BCUT2D eigenvalue weighted by Gasteiger charge is 2.34. The zero-order valence-corrected chi connectivity index (χ0v) is 10.9. The van der Waals surface area contributed by atoms with Crippen LogP contribution < -0.4 is 10.7 Å². The molecule has 1 aromatic carbocycles. The largest absolute Gasteiger partial charge is 0.330 e. The van der Waals surface area contributed by atoms with Gasteiger partial charge in [-0.2, -0.15) is 5.10 Å². The molecule has 2 rings (SSSR count). The number of carbonyl (C=O) groups is 1. The molecular formula is C14H19N3O. The Morgan fingerprint density at radius 2 is 2.00 bits per heavy atom. The third-order valence-electron chi connectivity index (χ3n) is 3.23. The molecule has 1 heterocycles. The van der Waals surface area contributed by atoms with Crippen molar-refractivity contribution in [3.8, 4) is 0 Å². The lowest BCUT2D eigenvalue weighted by atomic mass is 9.98. The molecular weight excluding hydrogens is 226 g/mol. The quantitative estimate of drug-likeness (QED) is 0.882. The van der Waals surface area contributed by atoms with Crippen LogP contribution in [0.25, 0.3) is 0 Å². The van der Waals surface area contributed by atoms with E-state index in [1.54, 1.807) is 0 Å². The van der Waals surface area contributed by atoms with Gasteiger partial charge in [0.15, 0.2) is 0 Å². The van der Waals surface area contributed by atoms with E-state index >= 15 is 0 Å². The van der Waals surface area contributed by atoms with Crippen molar-refractivity contribution in [2.24, 2.45) is 16.8 Å². The van der Waals surface area contributed by atoms with E-state index in [2.05, 4.69) is 5.10 Å². The van der Waals surface area contributed by atoms with Crippen molar-refractivity contribution in [2.45, 2.75) is 26.7 Å². The maximum atomic E-state index is 12.3. The average molecular weight is 245 g/mol. The molecule has 2 N–H and O–H groups in total. The van der Waals surface area contributed by atoms with Crippen molar-refractivity contribution in [3.63, 3.8) is 0 Å². The van der Waals surface area contributed by atoms with Crippen LogP contribution in [0.15, 0.2) is 29.4 Å². The minimum absolute atomic E-state index is 0.0427. The third-order valence-corrected chi connectivity index (χ3v) is 3.23. The Kier molecular flexibility index (Phi) is 3.77. The van der Waals surface area contributed by atoms with E-state index in [1.165, 1.54) is 10.6 Å². The van der Waals surface area contributed by atoms with E-state index in [1.807, 2.05) is 38.1 Å². The van der Waals surface area contributed by atoms with Crippen LogP contribution >= 0.6 is 0 Å². The van der Waals surface area contributed by atoms with Crippen LogP contribution in [0.2, 0.25) is 0 Å². The summed E-state index contributed by atoms with van der Waals surface area (Å²) in [6.45, 7) is 4.55. The molecule has 0 saturated carbocycles. The number of hydrogen-bond donors (Lipinski definition) is 1. The second-order valence-electron chi connectivity index (χ2n) is 4.56. The second-order valence-corrected chi connectivity index (χ2v) is 4.56. The van der Waals surface area contributed by atoms with Crippen molar-refractivity contribution in [1.82, 2.24) is 0 Å². The molecule has 1 atom stereocenters. The number of hydrazone groups is 1. The smallest absolute Gasteiger partial charge is 0.256 e. The fourth-order valence-electron chi connectivity index (χ4n) is 2.18. The molecule has 0 bridgehead atoms. The highest BCUT2D eigenvalue weighted by atomic mass is 16.2. The second kappa shape index (κ2) is 5.31. The van der Waals surface area contributed by atoms with Crippen LogP contribution in [0.1, 0.15) is 25.3 Å². The van der Waals surface area contributed by atoms with Gasteiger partial charge < -0.3 is 5.73 Å². The lowest BCUT2D eigenvalue weighted by Crippen LogP contribution is -2.29. The number of aryl methyl sites for hydroxylation is 1. The zero-order valence-electron chi connectivity index (χ0n) is 10.9. The number of nitrogens with two attached hydrogens (primary N) is 1. The van der Waals surface area contributed by atoms with Crippen molar-refractivity contribution < 1.29 is 4.79 Å². The molecule has 18 heavy (non-hydrogen) atoms. The van der Waals surface area contributed by atoms with Gasteiger partial charge in [0, 0.05) is 0 Å². The van der Waals surface area contributed by atoms with Gasteiger partial charge in [-0.05, 0) is 38.4 Å². The number of amides is 1. The van der Waals surface area contributed by atoms with Gasteiger partial charge in [-0.3, -0.25) is 4.79 Å². The molecule has 0 saturated heterocycles. The fourth-order valence-corrected chi connectivity index (χ4v) is 2.18. The summed E-state index contributed by atoms with van der Waals surface area (Å²) in [6, 6.07) is 7.82. The molecule has 96 valence electrons. The molecule has 0 aromatic heterocycles. The van der Waals surface area contributed by atoms with E-state index in [9.17, 15) is 4.79 Å². The molecule has 1 aromatic rings. The summed E-state index contributed by atoms with van der Waals surface area (Å²) in [5, 5.41) is 5.94. The molecule has 4 nitrogen and oxygen atoms in total. The summed E-state index contributed by atoms with van der Waals surface area (Å²) in [5.74, 6) is -0.0949. The minimum Gasteiger partial charge on any atom is -0.330 e. The first-order valence-corrected chi connectivity index (χ1v) is 6.35. The highest BCUT2D eigenvalue weighted by Crippen LogP contribution is 2.26. The van der Waals surface area contributed by atoms with Crippen molar-refractivity contribution >= 4 is 17.3 Å². The molecule has 1 unspecified atom stereocenters. The lowest BCUT2D eigenvalue weighted by molar-refractivity contribution is -0.119. The van der Waals surface area contributed by atoms with Gasteiger partial charge in [-0.1, -0.05) is 24.6 Å². The van der Waals surface area contributed by atoms with Crippen molar-refractivity contribution in [3.05, 3.63) is 29.8 Å². The van der Waals surface area contributed by atoms with Crippen LogP contribution in [-0.4, -0.2) is 18.2 Å². The first kappa shape index (κ1) is 12.8. The maximum Gasteiger partial charge on any atom is 0.256 e. The maximum absolute atomic E-state index is 12.3. The molecule has 0 radical (unpaired) electrons. The predicted molar refractivity (Wildman–Crippen MR) is 73.6 cm³/mol. The van der Waals surface area contributed by atoms with Crippen LogP contribution in [0, 0.1) is 12.8 Å². The molecule has 4 heteroatoms. The Labute approximate surface area is 107 Å². The number of benzene rings is 1. The molecule has 0 fully saturated rings. The number of anilines is 1. The van der Waals surface area contributed by atoms with Crippen molar-refractivity contribution in [2.75, 3.05) is 11.6 Å². The van der Waals surface area contributed by atoms with Gasteiger partial charge in [0.25, 0.3) is 5.91 Å². The SMILES string of the molecule is CCC1=NN(c2ccc(C)cc2)C(=O)C1CCN. The van der Waals surface area contributed by atoms with E-state index < -0.39 is 0 Å². The molecule has 1 aliphatic rings. The number of nitrogens with zero attached hydrogens (tertiary/aromatic N) is 2. The highest BCUT2D eigenvalue weighted by molar-refractivity contribution is 6.15. The average Bonchev–Trinajstić information content (AvgIpc) is 2.69. The Morgan fingerprint density at radius 1 is 1.33 bits per heavy atom. The molecule has 1 amide bonds. The number of hydrogen-bond acceptors (Lipinski definition) is 3. The standard InChI is InChI=1S/C14H19N3O/c1-3-13-12(8-9-15)14(18)17(16-13)11-6-4-10(2)5-7-11/h4-7,12H,3,8-9,15H2,1-2H3. The van der Waals surface area contributed by atoms with Gasteiger partial charge in [0.1, 0.15) is 0 Å². The van der Waals surface area contributed by atoms with E-state index in [0.29, 0.717) is 13.0 Å².